The van der Waals surface area contributed by atoms with E-state index in [0.717, 1.165) is 25.7 Å². The van der Waals surface area contributed by atoms with Crippen LogP contribution in [0.4, 0.5) is 0 Å². The number of hydrogen-bond donors (Lipinski definition) is 2. The van der Waals surface area contributed by atoms with Crippen LogP contribution in [0, 0.1) is 17.2 Å². The van der Waals surface area contributed by atoms with Crippen molar-refractivity contribution in [2.24, 2.45) is 5.92 Å². The second-order valence-corrected chi connectivity index (χ2v) is 8.54. The molecule has 3 rings (SSSR count). The van der Waals surface area contributed by atoms with Crippen molar-refractivity contribution in [1.29, 1.82) is 5.26 Å². The number of aryl methyl sites for hydroxylation is 1. The number of carbonyl (C=O) groups is 1. The van der Waals surface area contributed by atoms with Crippen LogP contribution in [0.25, 0.3) is 0 Å². The van der Waals surface area contributed by atoms with Crippen LogP contribution in [-0.2, 0) is 11.2 Å². The highest BCUT2D eigenvalue weighted by Crippen LogP contribution is 2.39. The highest BCUT2D eigenvalue weighted by atomic mass is 32.1. The molecule has 1 fully saturated rings. The summed E-state index contributed by atoms with van der Waals surface area (Å²) in [6.07, 6.45) is 4.27. The molecule has 1 heterocycles. The van der Waals surface area contributed by atoms with Gasteiger partial charge in [0.15, 0.2) is 6.54 Å². The number of nitrogens with one attached hydrogen (secondary N) is 1. The Morgan fingerprint density at radius 1 is 1.37 bits per heavy atom. The third-order valence-electron chi connectivity index (χ3n) is 5.29. The van der Waals surface area contributed by atoms with Gasteiger partial charge < -0.3 is 10.6 Å². The number of nitrogens with two attached hydrogens (primary N) is 1. The molecule has 1 saturated carbocycles. The van der Waals surface area contributed by atoms with E-state index in [2.05, 4.69) is 59.3 Å². The molecule has 1 aromatic carbocycles. The molecule has 0 aliphatic heterocycles. The second-order valence-electron chi connectivity index (χ2n) is 7.56. The number of thiophene rings is 1. The van der Waals surface area contributed by atoms with Crippen LogP contribution < -0.4 is 10.6 Å². The largest absolute Gasteiger partial charge is 0.333 e. The number of benzene rings is 1. The number of carbonyl (C=O) groups excluding carboxylic acids is 1. The lowest BCUT2D eigenvalue weighted by molar-refractivity contribution is -0.676. The highest BCUT2D eigenvalue weighted by molar-refractivity contribution is 7.10. The summed E-state index contributed by atoms with van der Waals surface area (Å²) in [6.45, 7) is 4.33. The molecule has 0 saturated heterocycles. The van der Waals surface area contributed by atoms with E-state index in [9.17, 15) is 10.1 Å². The number of amides is 1. The minimum Gasteiger partial charge on any atom is -0.333 e. The third-order valence-corrected chi connectivity index (χ3v) is 6.25. The van der Waals surface area contributed by atoms with Crippen LogP contribution in [0.5, 0.6) is 0 Å². The quantitative estimate of drug-likeness (QED) is 0.699. The van der Waals surface area contributed by atoms with Gasteiger partial charge in [0.05, 0.1) is 10.9 Å². The maximum absolute atomic E-state index is 12.5. The van der Waals surface area contributed by atoms with Gasteiger partial charge in [-0.15, -0.1) is 11.3 Å². The van der Waals surface area contributed by atoms with Crippen molar-refractivity contribution < 1.29 is 10.1 Å². The molecule has 0 spiro atoms. The van der Waals surface area contributed by atoms with Gasteiger partial charge in [0.1, 0.15) is 11.6 Å². The molecule has 1 aliphatic rings. The summed E-state index contributed by atoms with van der Waals surface area (Å²) in [5, 5.41) is 16.5. The second kappa shape index (κ2) is 8.69. The first-order chi connectivity index (χ1) is 13.1. The van der Waals surface area contributed by atoms with E-state index in [-0.39, 0.29) is 11.9 Å². The smallest absolute Gasteiger partial charge is 0.276 e. The average Bonchev–Trinajstić information content (AvgIpc) is 3.40. The Labute approximate surface area is 165 Å². The molecule has 5 heteroatoms. The summed E-state index contributed by atoms with van der Waals surface area (Å²) in [6, 6.07) is 15.3. The molecule has 0 unspecified atom stereocenters. The van der Waals surface area contributed by atoms with Gasteiger partial charge in [-0.2, -0.15) is 5.26 Å². The lowest BCUT2D eigenvalue weighted by Crippen LogP contribution is -2.88. The van der Waals surface area contributed by atoms with Crippen LogP contribution in [0.3, 0.4) is 0 Å². The van der Waals surface area contributed by atoms with E-state index in [1.165, 1.54) is 16.0 Å². The summed E-state index contributed by atoms with van der Waals surface area (Å²) >= 11 is 1.71. The summed E-state index contributed by atoms with van der Waals surface area (Å²) in [7, 11) is 0. The Hall–Kier alpha value is -2.16. The fraction of sp³-hybridized carbons (Fsp3) is 0.455. The number of nitriles is 1. The fourth-order valence-electron chi connectivity index (χ4n) is 3.51. The Bertz CT molecular complexity index is 790. The molecule has 0 bridgehead atoms. The zero-order chi connectivity index (χ0) is 19.3. The Balaban J connectivity index is 1.67. The van der Waals surface area contributed by atoms with Gasteiger partial charge in [-0.1, -0.05) is 43.7 Å². The highest BCUT2D eigenvalue weighted by Gasteiger charge is 2.43. The molecule has 2 aromatic rings. The van der Waals surface area contributed by atoms with Gasteiger partial charge in [0, 0.05) is 5.56 Å². The van der Waals surface area contributed by atoms with E-state index in [1.54, 1.807) is 11.3 Å². The van der Waals surface area contributed by atoms with Gasteiger partial charge in [0.25, 0.3) is 5.91 Å². The van der Waals surface area contributed by atoms with Crippen molar-refractivity contribution in [2.75, 3.05) is 6.54 Å². The van der Waals surface area contributed by atoms with E-state index < -0.39 is 5.54 Å². The average molecular weight is 383 g/mol. The van der Waals surface area contributed by atoms with Crippen LogP contribution in [0.2, 0.25) is 0 Å². The maximum atomic E-state index is 12.5. The van der Waals surface area contributed by atoms with Gasteiger partial charge in [-0.25, -0.2) is 0 Å². The molecule has 1 aliphatic carbocycles. The standard InChI is InChI=1S/C22H27N3OS/c1-3-5-16-7-9-17(10-8-16)21(19-6-4-13-27-19)24-14-20(26)25-22(2,15-23)18-11-12-18/h4,6-10,13,18,21,24H,3,5,11-12,14H2,1-2H3,(H,25,26)/p+1/t21-,22+/m1/s1. The predicted octanol–water partition coefficient (Wildman–Crippen LogP) is 3.16. The molecular weight excluding hydrogens is 354 g/mol. The predicted molar refractivity (Wildman–Crippen MR) is 108 cm³/mol. The van der Waals surface area contributed by atoms with Crippen molar-refractivity contribution in [3.8, 4) is 6.07 Å². The zero-order valence-corrected chi connectivity index (χ0v) is 16.9. The summed E-state index contributed by atoms with van der Waals surface area (Å²) in [5.41, 5.74) is 1.82. The first kappa shape index (κ1) is 19.6. The minimum atomic E-state index is -0.731. The maximum Gasteiger partial charge on any atom is 0.276 e. The number of quaternary nitrogens is 1. The van der Waals surface area contributed by atoms with Crippen molar-refractivity contribution in [3.63, 3.8) is 0 Å². The molecular formula is C22H28N3OS+. The van der Waals surface area contributed by atoms with E-state index >= 15 is 0 Å². The van der Waals surface area contributed by atoms with Crippen LogP contribution in [0.15, 0.2) is 41.8 Å². The molecule has 2 atom stereocenters. The van der Waals surface area contributed by atoms with Gasteiger partial charge in [0.2, 0.25) is 0 Å². The van der Waals surface area contributed by atoms with E-state index in [0.29, 0.717) is 12.5 Å². The summed E-state index contributed by atoms with van der Waals surface area (Å²) in [4.78, 5) is 13.7. The first-order valence-corrected chi connectivity index (χ1v) is 10.6. The Kier molecular flexibility index (Phi) is 6.30. The molecule has 1 aromatic heterocycles. The Morgan fingerprint density at radius 3 is 2.67 bits per heavy atom. The molecule has 142 valence electrons. The molecule has 0 radical (unpaired) electrons. The van der Waals surface area contributed by atoms with Gasteiger partial charge in [-0.3, -0.25) is 4.79 Å². The lowest BCUT2D eigenvalue weighted by Gasteiger charge is -2.23. The van der Waals surface area contributed by atoms with E-state index in [1.807, 2.05) is 13.0 Å². The number of rotatable bonds is 9. The minimum absolute atomic E-state index is 0.0740. The summed E-state index contributed by atoms with van der Waals surface area (Å²) < 4.78 is 0. The lowest BCUT2D eigenvalue weighted by atomic mass is 9.98. The third kappa shape index (κ3) is 4.97. The topological polar surface area (TPSA) is 69.5 Å². The van der Waals surface area contributed by atoms with Crippen LogP contribution >= 0.6 is 11.3 Å². The molecule has 3 N–H and O–H groups in total. The SMILES string of the molecule is CCCc1ccc([C@@H]([NH2+]CC(=O)N[C@@](C)(C#N)C2CC2)c2cccs2)cc1. The fourth-order valence-corrected chi connectivity index (χ4v) is 4.36. The van der Waals surface area contributed by atoms with Crippen molar-refractivity contribution >= 4 is 17.2 Å². The Morgan fingerprint density at radius 2 is 2.11 bits per heavy atom. The monoisotopic (exact) mass is 382 g/mol. The first-order valence-electron chi connectivity index (χ1n) is 9.73. The van der Waals surface area contributed by atoms with E-state index in [4.69, 9.17) is 0 Å². The van der Waals surface area contributed by atoms with Gasteiger partial charge >= 0.3 is 0 Å². The zero-order valence-electron chi connectivity index (χ0n) is 16.1. The molecule has 4 nitrogen and oxygen atoms in total. The van der Waals surface area contributed by atoms with Crippen molar-refractivity contribution in [2.45, 2.75) is 51.1 Å². The van der Waals surface area contributed by atoms with Crippen molar-refractivity contribution in [3.05, 3.63) is 57.8 Å². The number of hydrogen-bond acceptors (Lipinski definition) is 3. The van der Waals surface area contributed by atoms with Crippen LogP contribution in [0.1, 0.15) is 55.2 Å². The molecule has 1 amide bonds. The normalized spacial score (nSPS) is 16.9. The molecule has 27 heavy (non-hydrogen) atoms. The summed E-state index contributed by atoms with van der Waals surface area (Å²) in [5.74, 6) is 0.223. The number of nitrogens with zero attached hydrogens (tertiary/aromatic N) is 1. The van der Waals surface area contributed by atoms with Crippen LogP contribution in [-0.4, -0.2) is 18.0 Å². The van der Waals surface area contributed by atoms with Crippen molar-refractivity contribution in [1.82, 2.24) is 5.32 Å². The van der Waals surface area contributed by atoms with Gasteiger partial charge in [-0.05, 0) is 49.1 Å².